The smallest absolute Gasteiger partial charge is 0.242 e. The van der Waals surface area contributed by atoms with Crippen LogP contribution in [0, 0.1) is 12.8 Å². The monoisotopic (exact) mass is 580 g/mol. The quantitative estimate of drug-likeness (QED) is 0.268. The van der Waals surface area contributed by atoms with E-state index in [9.17, 15) is 9.59 Å². The van der Waals surface area contributed by atoms with E-state index in [0.717, 1.165) is 65.3 Å². The van der Waals surface area contributed by atoms with Gasteiger partial charge in [0.2, 0.25) is 11.8 Å². The topological polar surface area (TPSA) is 67.7 Å². The largest absolute Gasteiger partial charge is 0.496 e. The number of rotatable bonds is 6. The maximum atomic E-state index is 14.0. The number of thioether (sulfide) groups is 1. The zero-order valence-corrected chi connectivity index (χ0v) is 25.1. The summed E-state index contributed by atoms with van der Waals surface area (Å²) in [6.07, 6.45) is 1.96. The van der Waals surface area contributed by atoms with Crippen LogP contribution in [0.3, 0.4) is 0 Å². The van der Waals surface area contributed by atoms with E-state index in [1.807, 2.05) is 89.3 Å². The predicted molar refractivity (Wildman–Crippen MR) is 168 cm³/mol. The highest BCUT2D eigenvalue weighted by Gasteiger charge is 2.39. The molecule has 0 N–H and O–H groups in total. The number of para-hydroxylation sites is 1. The summed E-state index contributed by atoms with van der Waals surface area (Å²) in [5.74, 6) is 2.09. The Morgan fingerprint density at radius 3 is 2.38 bits per heavy atom. The third-order valence-corrected chi connectivity index (χ3v) is 9.50. The van der Waals surface area contributed by atoms with Crippen molar-refractivity contribution in [1.82, 2.24) is 14.7 Å². The van der Waals surface area contributed by atoms with Crippen LogP contribution < -0.4 is 9.64 Å². The molecule has 1 atom stereocenters. The van der Waals surface area contributed by atoms with Crippen molar-refractivity contribution in [3.8, 4) is 22.7 Å². The molecule has 0 radical (unpaired) electrons. The molecule has 42 heavy (non-hydrogen) atoms. The van der Waals surface area contributed by atoms with E-state index in [1.165, 1.54) is 0 Å². The fraction of sp³-hybridized carbons (Fsp3) is 0.324. The van der Waals surface area contributed by atoms with Gasteiger partial charge in [0.1, 0.15) is 18.1 Å². The Balaban J connectivity index is 1.57. The van der Waals surface area contributed by atoms with Gasteiger partial charge in [-0.3, -0.25) is 14.5 Å². The molecule has 0 saturated carbocycles. The van der Waals surface area contributed by atoms with Gasteiger partial charge in [0.25, 0.3) is 0 Å². The van der Waals surface area contributed by atoms with Gasteiger partial charge in [0.05, 0.1) is 29.5 Å². The second kappa shape index (κ2) is 12.1. The number of hydrogen-bond acceptors (Lipinski definition) is 5. The number of fused-ring (bicyclic) bond motifs is 1. The summed E-state index contributed by atoms with van der Waals surface area (Å²) in [6.45, 7) is 5.70. The van der Waals surface area contributed by atoms with Crippen LogP contribution in [0.5, 0.6) is 5.75 Å². The van der Waals surface area contributed by atoms with Crippen LogP contribution in [0.25, 0.3) is 16.9 Å². The summed E-state index contributed by atoms with van der Waals surface area (Å²) in [6, 6.07) is 26.1. The van der Waals surface area contributed by atoms with E-state index in [2.05, 4.69) is 13.0 Å². The van der Waals surface area contributed by atoms with Crippen LogP contribution in [-0.4, -0.2) is 59.0 Å². The molecule has 6 rings (SSSR count). The minimum Gasteiger partial charge on any atom is -0.496 e. The maximum Gasteiger partial charge on any atom is 0.242 e. The Labute approximate surface area is 251 Å². The van der Waals surface area contributed by atoms with Crippen LogP contribution >= 0.6 is 11.8 Å². The fourth-order valence-electron chi connectivity index (χ4n) is 5.82. The van der Waals surface area contributed by atoms with Gasteiger partial charge in [-0.25, -0.2) is 4.68 Å². The first-order valence-corrected chi connectivity index (χ1v) is 15.6. The van der Waals surface area contributed by atoms with Crippen LogP contribution in [0.15, 0.2) is 78.9 Å². The normalized spacial score (nSPS) is 17.6. The molecule has 0 unspecified atom stereocenters. The van der Waals surface area contributed by atoms with Crippen molar-refractivity contribution in [2.75, 3.05) is 37.4 Å². The molecule has 2 amide bonds. The highest BCUT2D eigenvalue weighted by atomic mass is 32.2. The molecule has 1 aromatic heterocycles. The van der Waals surface area contributed by atoms with Crippen LogP contribution in [-0.2, 0) is 9.59 Å². The average molecular weight is 581 g/mol. The summed E-state index contributed by atoms with van der Waals surface area (Å²) in [5.41, 5.74) is 5.58. The molecule has 3 aromatic carbocycles. The molecule has 4 aromatic rings. The van der Waals surface area contributed by atoms with Crippen molar-refractivity contribution in [3.63, 3.8) is 0 Å². The standard InChI is InChI=1S/C34H36N4O3S/c1-23-13-15-26(16-14-23)38-34-31(32(35-38)25-9-5-4-6-10-25)33(27-11-7-8-12-28(27)41-3)42-22-30(40)37(34)21-29(39)36-19-17-24(2)18-20-36/h4-16,24,33H,17-22H2,1-3H3/t33-/m0/s1. The zero-order valence-electron chi connectivity index (χ0n) is 24.3. The first-order valence-electron chi connectivity index (χ1n) is 14.5. The summed E-state index contributed by atoms with van der Waals surface area (Å²) in [5, 5.41) is 4.95. The lowest BCUT2D eigenvalue weighted by atomic mass is 9.98. The van der Waals surface area contributed by atoms with Gasteiger partial charge in [-0.1, -0.05) is 73.2 Å². The van der Waals surface area contributed by atoms with Crippen molar-refractivity contribution < 1.29 is 14.3 Å². The maximum absolute atomic E-state index is 14.0. The van der Waals surface area contributed by atoms with Gasteiger partial charge < -0.3 is 9.64 Å². The molecule has 0 aliphatic carbocycles. The number of carbonyl (C=O) groups is 2. The zero-order chi connectivity index (χ0) is 29.2. The summed E-state index contributed by atoms with van der Waals surface area (Å²) < 4.78 is 7.67. The van der Waals surface area contributed by atoms with E-state index < -0.39 is 0 Å². The fourth-order valence-corrected chi connectivity index (χ4v) is 7.04. The molecule has 0 bridgehead atoms. The average Bonchev–Trinajstić information content (AvgIpc) is 3.34. The molecule has 0 spiro atoms. The molecule has 8 heteroatoms. The second-order valence-corrected chi connectivity index (χ2v) is 12.3. The molecule has 2 aliphatic rings. The van der Waals surface area contributed by atoms with Crippen molar-refractivity contribution in [2.24, 2.45) is 5.92 Å². The Hall–Kier alpha value is -4.04. The first kappa shape index (κ1) is 28.1. The van der Waals surface area contributed by atoms with Crippen molar-refractivity contribution in [2.45, 2.75) is 31.9 Å². The number of hydrogen-bond donors (Lipinski definition) is 0. The van der Waals surface area contributed by atoms with E-state index in [4.69, 9.17) is 9.84 Å². The Kier molecular flexibility index (Phi) is 8.07. The molecule has 1 fully saturated rings. The molecule has 2 aliphatic heterocycles. The molecule has 216 valence electrons. The van der Waals surface area contributed by atoms with Gasteiger partial charge in [-0.05, 0) is 43.9 Å². The van der Waals surface area contributed by atoms with Crippen LogP contribution in [0.4, 0.5) is 5.82 Å². The number of likely N-dealkylation sites (tertiary alicyclic amines) is 1. The van der Waals surface area contributed by atoms with E-state index >= 15 is 0 Å². The lowest BCUT2D eigenvalue weighted by Crippen LogP contribution is -2.46. The number of anilines is 1. The summed E-state index contributed by atoms with van der Waals surface area (Å²) in [7, 11) is 1.67. The van der Waals surface area contributed by atoms with E-state index in [1.54, 1.807) is 23.8 Å². The van der Waals surface area contributed by atoms with Crippen molar-refractivity contribution >= 4 is 29.4 Å². The number of nitrogens with zero attached hydrogens (tertiary/aromatic N) is 4. The predicted octanol–water partition coefficient (Wildman–Crippen LogP) is 6.28. The van der Waals surface area contributed by atoms with Crippen LogP contribution in [0.2, 0.25) is 0 Å². The van der Waals surface area contributed by atoms with Crippen molar-refractivity contribution in [3.05, 3.63) is 95.6 Å². The highest BCUT2D eigenvalue weighted by molar-refractivity contribution is 8.00. The second-order valence-electron chi connectivity index (χ2n) is 11.2. The van der Waals surface area contributed by atoms with Gasteiger partial charge >= 0.3 is 0 Å². The number of piperidine rings is 1. The minimum atomic E-state index is -0.245. The third-order valence-electron chi connectivity index (χ3n) is 8.27. The Morgan fingerprint density at radius 1 is 0.976 bits per heavy atom. The highest BCUT2D eigenvalue weighted by Crippen LogP contribution is 2.50. The lowest BCUT2D eigenvalue weighted by molar-refractivity contribution is -0.132. The van der Waals surface area contributed by atoms with E-state index in [-0.39, 0.29) is 29.4 Å². The number of aromatic nitrogens is 2. The Morgan fingerprint density at radius 2 is 1.67 bits per heavy atom. The number of amides is 2. The Bertz CT molecular complexity index is 1580. The molecular formula is C34H36N4O3S. The minimum absolute atomic E-state index is 0.0226. The van der Waals surface area contributed by atoms with Gasteiger partial charge in [-0.2, -0.15) is 5.10 Å². The number of carbonyl (C=O) groups excluding carboxylic acids is 2. The van der Waals surface area contributed by atoms with Crippen molar-refractivity contribution in [1.29, 1.82) is 0 Å². The lowest BCUT2D eigenvalue weighted by Gasteiger charge is -2.32. The summed E-state index contributed by atoms with van der Waals surface area (Å²) in [4.78, 5) is 31.3. The number of benzene rings is 3. The van der Waals surface area contributed by atoms with Crippen LogP contribution in [0.1, 0.15) is 41.7 Å². The van der Waals surface area contributed by atoms with Gasteiger partial charge in [-0.15, -0.1) is 11.8 Å². The van der Waals surface area contributed by atoms with Gasteiger partial charge in [0.15, 0.2) is 0 Å². The van der Waals surface area contributed by atoms with Gasteiger partial charge in [0, 0.05) is 29.8 Å². The molecule has 1 saturated heterocycles. The number of ether oxygens (including phenoxy) is 1. The number of methoxy groups -OCH3 is 1. The molecule has 3 heterocycles. The molecule has 7 nitrogen and oxygen atoms in total. The number of aryl methyl sites for hydroxylation is 1. The van der Waals surface area contributed by atoms with E-state index in [0.29, 0.717) is 11.7 Å². The first-order chi connectivity index (χ1) is 20.4. The third kappa shape index (κ3) is 5.43. The SMILES string of the molecule is COc1ccccc1[C@@H]1SCC(=O)N(CC(=O)N2CCC(C)CC2)c2c1c(-c1ccccc1)nn2-c1ccc(C)cc1. The summed E-state index contributed by atoms with van der Waals surface area (Å²) >= 11 is 1.55. The molecular weight excluding hydrogens is 544 g/mol.